The molecule has 110 valence electrons. The van der Waals surface area contributed by atoms with Crippen molar-refractivity contribution < 1.29 is 4.74 Å². The monoisotopic (exact) mass is 276 g/mol. The Bertz CT molecular complexity index is 468. The third kappa shape index (κ3) is 2.94. The average molecular weight is 276 g/mol. The summed E-state index contributed by atoms with van der Waals surface area (Å²) >= 11 is 0. The predicted octanol–water partition coefficient (Wildman–Crippen LogP) is 2.41. The Labute approximate surface area is 120 Å². The van der Waals surface area contributed by atoms with E-state index < -0.39 is 0 Å². The molecule has 0 amide bonds. The van der Waals surface area contributed by atoms with Gasteiger partial charge in [-0.25, -0.2) is 4.98 Å². The molecule has 1 aromatic heterocycles. The second-order valence-corrected chi connectivity index (χ2v) is 6.01. The fourth-order valence-corrected chi connectivity index (χ4v) is 2.92. The standard InChI is InChI=1S/C15H24N4O/c1-11(2)14-16-15(18-17-14)13-10-19(8-9-20-13)12-6-4-3-5-7-12/h4,6,11-13H,3,5,7-10H2,1-2H3,(H,16,17,18). The number of hydrogen-bond donors (Lipinski definition) is 1. The molecule has 1 aliphatic heterocycles. The van der Waals surface area contributed by atoms with Crippen LogP contribution in [0.3, 0.4) is 0 Å². The van der Waals surface area contributed by atoms with Crippen LogP contribution < -0.4 is 0 Å². The Morgan fingerprint density at radius 2 is 2.35 bits per heavy atom. The quantitative estimate of drug-likeness (QED) is 0.861. The first-order chi connectivity index (χ1) is 9.74. The van der Waals surface area contributed by atoms with Gasteiger partial charge in [0.2, 0.25) is 0 Å². The topological polar surface area (TPSA) is 54.0 Å². The molecule has 2 atom stereocenters. The summed E-state index contributed by atoms with van der Waals surface area (Å²) < 4.78 is 5.88. The number of allylic oxidation sites excluding steroid dienone is 1. The van der Waals surface area contributed by atoms with Crippen molar-refractivity contribution in [2.24, 2.45) is 0 Å². The molecule has 3 rings (SSSR count). The summed E-state index contributed by atoms with van der Waals surface area (Å²) in [6.07, 6.45) is 8.47. The van der Waals surface area contributed by atoms with Crippen molar-refractivity contribution in [1.82, 2.24) is 20.1 Å². The minimum atomic E-state index is 0.0269. The first-order valence-electron chi connectivity index (χ1n) is 7.68. The summed E-state index contributed by atoms with van der Waals surface area (Å²) in [6.45, 7) is 6.90. The first-order valence-corrected chi connectivity index (χ1v) is 7.68. The highest BCUT2D eigenvalue weighted by Gasteiger charge is 2.28. The largest absolute Gasteiger partial charge is 0.368 e. The van der Waals surface area contributed by atoms with Crippen LogP contribution in [0.4, 0.5) is 0 Å². The van der Waals surface area contributed by atoms with Gasteiger partial charge in [0.15, 0.2) is 11.6 Å². The smallest absolute Gasteiger partial charge is 0.155 e. The molecule has 1 N–H and O–H groups in total. The van der Waals surface area contributed by atoms with Crippen LogP contribution in [0.5, 0.6) is 0 Å². The number of nitrogens with one attached hydrogen (secondary N) is 1. The minimum Gasteiger partial charge on any atom is -0.368 e. The average Bonchev–Trinajstić information content (AvgIpc) is 2.98. The van der Waals surface area contributed by atoms with E-state index in [0.717, 1.165) is 31.3 Å². The van der Waals surface area contributed by atoms with Crippen LogP contribution in [0.15, 0.2) is 12.2 Å². The molecule has 2 unspecified atom stereocenters. The van der Waals surface area contributed by atoms with Crippen LogP contribution in [-0.4, -0.2) is 45.8 Å². The van der Waals surface area contributed by atoms with Crippen molar-refractivity contribution in [2.75, 3.05) is 19.7 Å². The number of rotatable bonds is 3. The van der Waals surface area contributed by atoms with Gasteiger partial charge in [-0.15, -0.1) is 0 Å². The summed E-state index contributed by atoms with van der Waals surface area (Å²) in [4.78, 5) is 7.09. The summed E-state index contributed by atoms with van der Waals surface area (Å²) in [5.41, 5.74) is 0. The number of aromatic nitrogens is 3. The normalized spacial score (nSPS) is 28.1. The molecule has 1 aliphatic carbocycles. The van der Waals surface area contributed by atoms with E-state index in [4.69, 9.17) is 4.74 Å². The van der Waals surface area contributed by atoms with E-state index in [0.29, 0.717) is 12.0 Å². The summed E-state index contributed by atoms with van der Waals surface area (Å²) in [6, 6.07) is 0.572. The Morgan fingerprint density at radius 1 is 1.45 bits per heavy atom. The van der Waals surface area contributed by atoms with Gasteiger partial charge in [0.25, 0.3) is 0 Å². The van der Waals surface area contributed by atoms with Gasteiger partial charge in [0, 0.05) is 25.0 Å². The number of H-pyrrole nitrogens is 1. The molecule has 0 saturated carbocycles. The van der Waals surface area contributed by atoms with Crippen LogP contribution in [-0.2, 0) is 4.74 Å². The van der Waals surface area contributed by atoms with Crippen molar-refractivity contribution in [3.05, 3.63) is 23.8 Å². The molecule has 1 aromatic rings. The third-order valence-electron chi connectivity index (χ3n) is 4.14. The summed E-state index contributed by atoms with van der Waals surface area (Å²) in [7, 11) is 0. The molecule has 1 saturated heterocycles. The minimum absolute atomic E-state index is 0.0269. The van der Waals surface area contributed by atoms with Crippen LogP contribution in [0.25, 0.3) is 0 Å². The van der Waals surface area contributed by atoms with Gasteiger partial charge in [-0.3, -0.25) is 10.00 Å². The Kier molecular flexibility index (Phi) is 4.17. The SMILES string of the molecule is CC(C)c1n[nH]c(C2CN(C3C=CCCC3)CCO2)n1. The number of nitrogens with zero attached hydrogens (tertiary/aromatic N) is 3. The number of ether oxygens (including phenoxy) is 1. The third-order valence-corrected chi connectivity index (χ3v) is 4.14. The van der Waals surface area contributed by atoms with Gasteiger partial charge >= 0.3 is 0 Å². The van der Waals surface area contributed by atoms with E-state index in [9.17, 15) is 0 Å². The highest BCUT2D eigenvalue weighted by molar-refractivity contribution is 5.03. The second kappa shape index (κ2) is 6.06. The van der Waals surface area contributed by atoms with E-state index in [1.807, 2.05) is 0 Å². The lowest BCUT2D eigenvalue weighted by atomic mass is 10.0. The lowest BCUT2D eigenvalue weighted by Gasteiger charge is -2.37. The zero-order valence-electron chi connectivity index (χ0n) is 12.4. The van der Waals surface area contributed by atoms with E-state index in [2.05, 4.69) is 46.1 Å². The fourth-order valence-electron chi connectivity index (χ4n) is 2.92. The Hall–Kier alpha value is -1.20. The molecule has 0 radical (unpaired) electrons. The first kappa shape index (κ1) is 13.8. The lowest BCUT2D eigenvalue weighted by Crippen LogP contribution is -2.44. The van der Waals surface area contributed by atoms with E-state index in [1.165, 1.54) is 19.3 Å². The summed E-state index contributed by atoms with van der Waals surface area (Å²) in [5, 5.41) is 7.33. The van der Waals surface area contributed by atoms with E-state index in [-0.39, 0.29) is 6.10 Å². The molecule has 0 bridgehead atoms. The molecule has 1 fully saturated rings. The number of aromatic amines is 1. The molecule has 0 aromatic carbocycles. The maximum atomic E-state index is 5.88. The van der Waals surface area contributed by atoms with Crippen molar-refractivity contribution in [3.8, 4) is 0 Å². The van der Waals surface area contributed by atoms with Crippen LogP contribution in [0.2, 0.25) is 0 Å². The highest BCUT2D eigenvalue weighted by atomic mass is 16.5. The van der Waals surface area contributed by atoms with Gasteiger partial charge in [-0.2, -0.15) is 5.10 Å². The number of hydrogen-bond acceptors (Lipinski definition) is 4. The summed E-state index contributed by atoms with van der Waals surface area (Å²) in [5.74, 6) is 2.09. The molecule has 0 spiro atoms. The van der Waals surface area contributed by atoms with Crippen molar-refractivity contribution in [1.29, 1.82) is 0 Å². The molecule has 2 aliphatic rings. The molecule has 5 heteroatoms. The highest BCUT2D eigenvalue weighted by Crippen LogP contribution is 2.25. The lowest BCUT2D eigenvalue weighted by molar-refractivity contribution is -0.0442. The van der Waals surface area contributed by atoms with Gasteiger partial charge in [0.05, 0.1) is 6.61 Å². The van der Waals surface area contributed by atoms with Crippen LogP contribution in [0, 0.1) is 0 Å². The van der Waals surface area contributed by atoms with Gasteiger partial charge in [-0.1, -0.05) is 26.0 Å². The zero-order valence-corrected chi connectivity index (χ0v) is 12.4. The molecular weight excluding hydrogens is 252 g/mol. The molecular formula is C15H24N4O. The zero-order chi connectivity index (χ0) is 13.9. The van der Waals surface area contributed by atoms with Gasteiger partial charge in [0.1, 0.15) is 6.10 Å². The van der Waals surface area contributed by atoms with Crippen LogP contribution in [0.1, 0.15) is 56.8 Å². The van der Waals surface area contributed by atoms with E-state index >= 15 is 0 Å². The van der Waals surface area contributed by atoms with Crippen LogP contribution >= 0.6 is 0 Å². The van der Waals surface area contributed by atoms with Gasteiger partial charge in [-0.05, 0) is 19.3 Å². The van der Waals surface area contributed by atoms with Crippen molar-refractivity contribution in [3.63, 3.8) is 0 Å². The second-order valence-electron chi connectivity index (χ2n) is 6.01. The number of morpholine rings is 1. The maximum absolute atomic E-state index is 5.88. The van der Waals surface area contributed by atoms with Crippen molar-refractivity contribution in [2.45, 2.75) is 51.2 Å². The van der Waals surface area contributed by atoms with Crippen molar-refractivity contribution >= 4 is 0 Å². The van der Waals surface area contributed by atoms with E-state index in [1.54, 1.807) is 0 Å². The molecule has 20 heavy (non-hydrogen) atoms. The fraction of sp³-hybridized carbons (Fsp3) is 0.733. The van der Waals surface area contributed by atoms with Gasteiger partial charge < -0.3 is 4.74 Å². The molecule has 5 nitrogen and oxygen atoms in total. The Morgan fingerprint density at radius 3 is 3.05 bits per heavy atom. The maximum Gasteiger partial charge on any atom is 0.155 e. The Balaban J connectivity index is 1.67. The predicted molar refractivity (Wildman–Crippen MR) is 77.5 cm³/mol. The molecule has 2 heterocycles.